The number of primary amides is 1. The Hall–Kier alpha value is -2.14. The first-order valence-corrected chi connectivity index (χ1v) is 6.78. The molecule has 0 radical (unpaired) electrons. The summed E-state index contributed by atoms with van der Waals surface area (Å²) in [4.78, 5) is 12.1. The summed E-state index contributed by atoms with van der Waals surface area (Å²) in [7, 11) is 0. The van der Waals surface area contributed by atoms with Crippen LogP contribution < -0.4 is 5.73 Å². The van der Waals surface area contributed by atoms with E-state index in [9.17, 15) is 25.7 Å². The van der Waals surface area contributed by atoms with E-state index < -0.39 is 34.5 Å². The highest BCUT2D eigenvalue weighted by Gasteiger charge is 2.73. The van der Waals surface area contributed by atoms with Gasteiger partial charge < -0.3 is 15.6 Å². The molecule has 0 spiro atoms. The standard InChI is InChI=1S/C14H16N4O3/c1-9-12(6-15,7-16)13(8-17,11(18)19)10-4-2-3-5-14(10,20)21-9/h9-10,20H,2-5H2,1H3,(H2,18,19)/t9-,10+,13+,14+/m0/s1. The Bertz CT molecular complexity index is 585. The predicted octanol–water partition coefficient (Wildman–Crippen LogP) is 0.313. The van der Waals surface area contributed by atoms with Gasteiger partial charge in [-0.05, 0) is 19.8 Å². The molecule has 2 rings (SSSR count). The van der Waals surface area contributed by atoms with Crippen molar-refractivity contribution in [2.45, 2.75) is 44.5 Å². The highest BCUT2D eigenvalue weighted by molar-refractivity contribution is 5.87. The van der Waals surface area contributed by atoms with Crippen LogP contribution in [0.15, 0.2) is 0 Å². The molecule has 2 aliphatic rings. The summed E-state index contributed by atoms with van der Waals surface area (Å²) >= 11 is 0. The zero-order chi connectivity index (χ0) is 15.9. The minimum absolute atomic E-state index is 0.242. The largest absolute Gasteiger partial charge is 0.368 e. The SMILES string of the molecule is C[C@@H]1O[C@]2(O)CCCC[C@@H]2[C@](C#N)(C(N)=O)C1(C#N)C#N. The molecule has 110 valence electrons. The molecule has 1 saturated heterocycles. The smallest absolute Gasteiger partial charge is 0.241 e. The molecule has 1 amide bonds. The number of rotatable bonds is 1. The summed E-state index contributed by atoms with van der Waals surface area (Å²) in [6.07, 6.45) is 0.760. The van der Waals surface area contributed by atoms with Gasteiger partial charge in [0.2, 0.25) is 5.91 Å². The number of hydrogen-bond acceptors (Lipinski definition) is 6. The normalized spacial score (nSPS) is 40.9. The third kappa shape index (κ3) is 1.61. The highest BCUT2D eigenvalue weighted by atomic mass is 16.6. The number of carbonyl (C=O) groups excluding carboxylic acids is 1. The Morgan fingerprint density at radius 2 is 1.90 bits per heavy atom. The van der Waals surface area contributed by atoms with Gasteiger partial charge in [0.15, 0.2) is 16.6 Å². The minimum Gasteiger partial charge on any atom is -0.368 e. The second-order valence-corrected chi connectivity index (χ2v) is 5.72. The molecule has 21 heavy (non-hydrogen) atoms. The lowest BCUT2D eigenvalue weighted by molar-refractivity contribution is -0.332. The van der Waals surface area contributed by atoms with E-state index >= 15 is 0 Å². The van der Waals surface area contributed by atoms with Gasteiger partial charge in [-0.25, -0.2) is 0 Å². The fourth-order valence-corrected chi connectivity index (χ4v) is 3.78. The second kappa shape index (κ2) is 4.70. The van der Waals surface area contributed by atoms with Crippen molar-refractivity contribution in [3.63, 3.8) is 0 Å². The van der Waals surface area contributed by atoms with Crippen molar-refractivity contribution >= 4 is 5.91 Å². The van der Waals surface area contributed by atoms with Crippen LogP contribution in [0.25, 0.3) is 0 Å². The van der Waals surface area contributed by atoms with Crippen LogP contribution in [-0.4, -0.2) is 22.9 Å². The molecular formula is C14H16N4O3. The summed E-state index contributed by atoms with van der Waals surface area (Å²) in [5.74, 6) is -3.76. The lowest BCUT2D eigenvalue weighted by Gasteiger charge is -2.56. The molecule has 7 nitrogen and oxygen atoms in total. The van der Waals surface area contributed by atoms with Gasteiger partial charge in [0.1, 0.15) is 0 Å². The molecule has 0 aromatic heterocycles. The lowest BCUT2D eigenvalue weighted by Crippen LogP contribution is -2.70. The van der Waals surface area contributed by atoms with Crippen LogP contribution in [0.2, 0.25) is 0 Å². The Morgan fingerprint density at radius 3 is 2.38 bits per heavy atom. The average molecular weight is 288 g/mol. The second-order valence-electron chi connectivity index (χ2n) is 5.72. The molecule has 0 aromatic carbocycles. The van der Waals surface area contributed by atoms with E-state index in [1.54, 1.807) is 18.2 Å². The molecule has 0 unspecified atom stereocenters. The van der Waals surface area contributed by atoms with Crippen molar-refractivity contribution in [2.24, 2.45) is 22.5 Å². The molecule has 1 aliphatic heterocycles. The van der Waals surface area contributed by atoms with E-state index in [0.717, 1.165) is 0 Å². The van der Waals surface area contributed by atoms with Gasteiger partial charge >= 0.3 is 0 Å². The van der Waals surface area contributed by atoms with Crippen LogP contribution in [-0.2, 0) is 9.53 Å². The van der Waals surface area contributed by atoms with Crippen LogP contribution in [0.1, 0.15) is 32.6 Å². The van der Waals surface area contributed by atoms with E-state index in [4.69, 9.17) is 10.5 Å². The minimum atomic E-state index is -2.09. The number of ether oxygens (including phenoxy) is 1. The molecule has 1 heterocycles. The Morgan fingerprint density at radius 1 is 1.29 bits per heavy atom. The number of hydrogen-bond donors (Lipinski definition) is 2. The number of amides is 1. The summed E-state index contributed by atoms with van der Waals surface area (Å²) in [5.41, 5.74) is 1.30. The lowest BCUT2D eigenvalue weighted by atomic mass is 9.50. The van der Waals surface area contributed by atoms with E-state index in [1.807, 2.05) is 0 Å². The average Bonchev–Trinajstić information content (AvgIpc) is 2.45. The third-order valence-corrected chi connectivity index (χ3v) is 4.88. The Balaban J connectivity index is 2.77. The van der Waals surface area contributed by atoms with Crippen molar-refractivity contribution in [3.05, 3.63) is 0 Å². The number of fused-ring (bicyclic) bond motifs is 1. The van der Waals surface area contributed by atoms with Gasteiger partial charge in [-0.1, -0.05) is 6.42 Å². The highest BCUT2D eigenvalue weighted by Crippen LogP contribution is 2.59. The molecule has 0 bridgehead atoms. The maximum absolute atomic E-state index is 12.1. The van der Waals surface area contributed by atoms with Gasteiger partial charge in [0.05, 0.1) is 24.3 Å². The summed E-state index contributed by atoms with van der Waals surface area (Å²) in [6, 6.07) is 5.34. The topological polar surface area (TPSA) is 144 Å². The van der Waals surface area contributed by atoms with Crippen LogP contribution in [0.3, 0.4) is 0 Å². The number of nitriles is 3. The quantitative estimate of drug-likeness (QED) is 0.710. The molecule has 7 heteroatoms. The summed E-state index contributed by atoms with van der Waals surface area (Å²) in [5, 5.41) is 39.4. The van der Waals surface area contributed by atoms with Gasteiger partial charge in [-0.15, -0.1) is 0 Å². The predicted molar refractivity (Wildman–Crippen MR) is 68.4 cm³/mol. The monoisotopic (exact) mass is 288 g/mol. The number of carbonyl (C=O) groups is 1. The van der Waals surface area contributed by atoms with E-state index in [0.29, 0.717) is 19.3 Å². The zero-order valence-corrected chi connectivity index (χ0v) is 11.7. The third-order valence-electron chi connectivity index (χ3n) is 4.88. The molecule has 4 atom stereocenters. The Kier molecular flexibility index (Phi) is 3.41. The van der Waals surface area contributed by atoms with E-state index in [2.05, 4.69) is 0 Å². The van der Waals surface area contributed by atoms with Gasteiger partial charge in [-0.3, -0.25) is 4.79 Å². The summed E-state index contributed by atoms with van der Waals surface area (Å²) < 4.78 is 5.53. The fraction of sp³-hybridized carbons (Fsp3) is 0.714. The zero-order valence-electron chi connectivity index (χ0n) is 11.7. The molecule has 1 saturated carbocycles. The van der Waals surface area contributed by atoms with E-state index in [1.165, 1.54) is 6.92 Å². The molecule has 1 aliphatic carbocycles. The van der Waals surface area contributed by atoms with Crippen molar-refractivity contribution in [1.82, 2.24) is 0 Å². The van der Waals surface area contributed by atoms with Gasteiger partial charge in [0.25, 0.3) is 0 Å². The van der Waals surface area contributed by atoms with Crippen LogP contribution in [0, 0.1) is 50.7 Å². The molecule has 2 fully saturated rings. The number of aliphatic hydroxyl groups is 1. The van der Waals surface area contributed by atoms with Crippen molar-refractivity contribution in [2.75, 3.05) is 0 Å². The maximum atomic E-state index is 12.1. The first-order chi connectivity index (χ1) is 9.84. The summed E-state index contributed by atoms with van der Waals surface area (Å²) in [6.45, 7) is 1.41. The fourth-order valence-electron chi connectivity index (χ4n) is 3.78. The first kappa shape index (κ1) is 15.3. The van der Waals surface area contributed by atoms with Crippen molar-refractivity contribution in [1.29, 1.82) is 15.8 Å². The maximum Gasteiger partial charge on any atom is 0.241 e. The van der Waals surface area contributed by atoms with E-state index in [-0.39, 0.29) is 6.42 Å². The van der Waals surface area contributed by atoms with Crippen LogP contribution >= 0.6 is 0 Å². The van der Waals surface area contributed by atoms with Crippen LogP contribution in [0.4, 0.5) is 0 Å². The van der Waals surface area contributed by atoms with Gasteiger partial charge in [-0.2, -0.15) is 15.8 Å². The molecule has 0 aromatic rings. The van der Waals surface area contributed by atoms with Crippen LogP contribution in [0.5, 0.6) is 0 Å². The first-order valence-electron chi connectivity index (χ1n) is 6.78. The molecular weight excluding hydrogens is 272 g/mol. The molecule has 3 N–H and O–H groups in total. The number of nitrogens with zero attached hydrogens (tertiary/aromatic N) is 3. The number of nitrogens with two attached hydrogens (primary N) is 1. The van der Waals surface area contributed by atoms with Gasteiger partial charge in [0, 0.05) is 12.3 Å². The van der Waals surface area contributed by atoms with Crippen molar-refractivity contribution in [3.8, 4) is 18.2 Å². The van der Waals surface area contributed by atoms with Crippen molar-refractivity contribution < 1.29 is 14.6 Å². The Labute approximate surface area is 122 Å².